The van der Waals surface area contributed by atoms with Gasteiger partial charge in [-0.15, -0.1) is 0 Å². The first-order chi connectivity index (χ1) is 8.11. The van der Waals surface area contributed by atoms with Crippen LogP contribution in [0.2, 0.25) is 0 Å². The minimum atomic E-state index is -0.538. The number of hydrogen-bond donors (Lipinski definition) is 0. The molecular weight excluding hydrogens is 228 g/mol. The fourth-order valence-corrected chi connectivity index (χ4v) is 1.39. The van der Waals surface area contributed by atoms with Crippen molar-refractivity contribution in [2.75, 3.05) is 13.2 Å². The van der Waals surface area contributed by atoms with Crippen molar-refractivity contribution >= 4 is 12.3 Å². The molecule has 0 N–H and O–H groups in total. The summed E-state index contributed by atoms with van der Waals surface area (Å²) in [5.74, 6) is 0. The number of rotatable bonds is 2. The zero-order valence-corrected chi connectivity index (χ0v) is 10.1. The average Bonchev–Trinajstić information content (AvgIpc) is 2.65. The SMILES string of the molecule is CC1CCOC(=O)O1.CCCC1COC(=O)O1. The van der Waals surface area contributed by atoms with E-state index in [9.17, 15) is 9.59 Å². The van der Waals surface area contributed by atoms with Gasteiger partial charge in [0, 0.05) is 6.42 Å². The van der Waals surface area contributed by atoms with Crippen LogP contribution in [0.5, 0.6) is 0 Å². The van der Waals surface area contributed by atoms with Crippen molar-refractivity contribution in [3.63, 3.8) is 0 Å². The summed E-state index contributed by atoms with van der Waals surface area (Å²) >= 11 is 0. The van der Waals surface area contributed by atoms with Gasteiger partial charge in [-0.25, -0.2) is 9.59 Å². The third kappa shape index (κ3) is 5.42. The minimum Gasteiger partial charge on any atom is -0.434 e. The van der Waals surface area contributed by atoms with Crippen LogP contribution in [-0.4, -0.2) is 37.7 Å². The van der Waals surface area contributed by atoms with Gasteiger partial charge in [-0.1, -0.05) is 13.3 Å². The van der Waals surface area contributed by atoms with Gasteiger partial charge in [-0.3, -0.25) is 0 Å². The molecule has 2 heterocycles. The van der Waals surface area contributed by atoms with Gasteiger partial charge < -0.3 is 18.9 Å². The smallest absolute Gasteiger partial charge is 0.434 e. The lowest BCUT2D eigenvalue weighted by atomic mass is 10.2. The quantitative estimate of drug-likeness (QED) is 0.696. The molecule has 0 radical (unpaired) electrons. The van der Waals surface area contributed by atoms with Crippen molar-refractivity contribution in [2.45, 2.75) is 45.3 Å². The van der Waals surface area contributed by atoms with E-state index < -0.39 is 12.3 Å². The Morgan fingerprint density at radius 2 is 1.88 bits per heavy atom. The lowest BCUT2D eigenvalue weighted by Crippen LogP contribution is -2.24. The highest BCUT2D eigenvalue weighted by Crippen LogP contribution is 2.10. The van der Waals surface area contributed by atoms with Crippen LogP contribution < -0.4 is 0 Å². The molecule has 0 aromatic heterocycles. The second kappa shape index (κ2) is 6.98. The summed E-state index contributed by atoms with van der Waals surface area (Å²) in [6, 6.07) is 0. The Hall–Kier alpha value is -1.46. The Labute approximate surface area is 100 Å². The highest BCUT2D eigenvalue weighted by atomic mass is 16.8. The summed E-state index contributed by atoms with van der Waals surface area (Å²) in [5.41, 5.74) is 0. The first-order valence-electron chi connectivity index (χ1n) is 5.78. The van der Waals surface area contributed by atoms with Gasteiger partial charge >= 0.3 is 12.3 Å². The molecule has 6 heteroatoms. The fourth-order valence-electron chi connectivity index (χ4n) is 1.39. The third-order valence-corrected chi connectivity index (χ3v) is 2.30. The highest BCUT2D eigenvalue weighted by Gasteiger charge is 2.23. The molecule has 2 aliphatic rings. The molecule has 0 spiro atoms. The number of cyclic esters (lactones) is 4. The van der Waals surface area contributed by atoms with Crippen LogP contribution >= 0.6 is 0 Å². The van der Waals surface area contributed by atoms with Crippen molar-refractivity contribution in [3.05, 3.63) is 0 Å². The molecule has 2 atom stereocenters. The van der Waals surface area contributed by atoms with Gasteiger partial charge in [0.15, 0.2) is 0 Å². The van der Waals surface area contributed by atoms with E-state index in [0.29, 0.717) is 13.2 Å². The molecule has 2 aliphatic heterocycles. The van der Waals surface area contributed by atoms with E-state index >= 15 is 0 Å². The molecule has 98 valence electrons. The maximum atomic E-state index is 10.3. The van der Waals surface area contributed by atoms with Crippen molar-refractivity contribution in [1.29, 1.82) is 0 Å². The second-order valence-electron chi connectivity index (χ2n) is 3.91. The Morgan fingerprint density at radius 3 is 2.29 bits per heavy atom. The van der Waals surface area contributed by atoms with E-state index in [1.165, 1.54) is 0 Å². The normalized spacial score (nSPS) is 26.9. The van der Waals surface area contributed by atoms with E-state index in [4.69, 9.17) is 4.74 Å². The summed E-state index contributed by atoms with van der Waals surface area (Å²) in [7, 11) is 0. The van der Waals surface area contributed by atoms with Crippen LogP contribution in [0.1, 0.15) is 33.1 Å². The molecule has 0 aromatic rings. The van der Waals surface area contributed by atoms with Crippen LogP contribution in [0.15, 0.2) is 0 Å². The summed E-state index contributed by atoms with van der Waals surface area (Å²) < 4.78 is 18.4. The third-order valence-electron chi connectivity index (χ3n) is 2.30. The van der Waals surface area contributed by atoms with Gasteiger partial charge in [0.05, 0.1) is 6.61 Å². The minimum absolute atomic E-state index is 0.0162. The molecule has 2 rings (SSSR count). The first kappa shape index (κ1) is 13.6. The Kier molecular flexibility index (Phi) is 5.59. The molecule has 6 nitrogen and oxygen atoms in total. The molecule has 0 aliphatic carbocycles. The zero-order chi connectivity index (χ0) is 12.7. The monoisotopic (exact) mass is 246 g/mol. The Balaban J connectivity index is 0.000000171. The van der Waals surface area contributed by atoms with Crippen molar-refractivity contribution in [2.24, 2.45) is 0 Å². The van der Waals surface area contributed by atoms with Crippen LogP contribution in [0.25, 0.3) is 0 Å². The molecule has 2 saturated heterocycles. The van der Waals surface area contributed by atoms with E-state index in [2.05, 4.69) is 14.2 Å². The summed E-state index contributed by atoms with van der Waals surface area (Å²) in [6.07, 6.45) is 1.75. The van der Waals surface area contributed by atoms with Gasteiger partial charge in [-0.05, 0) is 13.3 Å². The lowest BCUT2D eigenvalue weighted by Gasteiger charge is -2.17. The largest absolute Gasteiger partial charge is 0.508 e. The maximum absolute atomic E-state index is 10.3. The topological polar surface area (TPSA) is 71.1 Å². The van der Waals surface area contributed by atoms with Gasteiger partial charge in [-0.2, -0.15) is 0 Å². The van der Waals surface area contributed by atoms with E-state index in [1.807, 2.05) is 13.8 Å². The number of hydrogen-bond acceptors (Lipinski definition) is 6. The Morgan fingerprint density at radius 1 is 1.18 bits per heavy atom. The molecule has 0 aromatic carbocycles. The molecule has 17 heavy (non-hydrogen) atoms. The molecule has 0 bridgehead atoms. The molecular formula is C11H18O6. The molecule has 2 fully saturated rings. The van der Waals surface area contributed by atoms with Crippen molar-refractivity contribution < 1.29 is 28.5 Å². The van der Waals surface area contributed by atoms with Gasteiger partial charge in [0.1, 0.15) is 18.8 Å². The number of ether oxygens (including phenoxy) is 4. The molecule has 2 unspecified atom stereocenters. The van der Waals surface area contributed by atoms with Crippen LogP contribution in [-0.2, 0) is 18.9 Å². The summed E-state index contributed by atoms with van der Waals surface area (Å²) in [6.45, 7) is 4.83. The number of carbonyl (C=O) groups excluding carboxylic acids is 2. The lowest BCUT2D eigenvalue weighted by molar-refractivity contribution is -0.0154. The van der Waals surface area contributed by atoms with Gasteiger partial charge in [0.2, 0.25) is 0 Å². The van der Waals surface area contributed by atoms with Crippen molar-refractivity contribution in [1.82, 2.24) is 0 Å². The van der Waals surface area contributed by atoms with Gasteiger partial charge in [0.25, 0.3) is 0 Å². The zero-order valence-electron chi connectivity index (χ0n) is 10.1. The van der Waals surface area contributed by atoms with Crippen LogP contribution in [0.4, 0.5) is 9.59 Å². The number of carbonyl (C=O) groups is 2. The Bertz CT molecular complexity index is 265. The van der Waals surface area contributed by atoms with Crippen LogP contribution in [0, 0.1) is 0 Å². The van der Waals surface area contributed by atoms with E-state index in [1.54, 1.807) is 0 Å². The van der Waals surface area contributed by atoms with Crippen LogP contribution in [0.3, 0.4) is 0 Å². The van der Waals surface area contributed by atoms with E-state index in [-0.39, 0.29) is 12.2 Å². The molecule has 0 amide bonds. The predicted molar refractivity (Wildman–Crippen MR) is 57.6 cm³/mol. The average molecular weight is 246 g/mol. The predicted octanol–water partition coefficient (Wildman–Crippen LogP) is 2.25. The highest BCUT2D eigenvalue weighted by molar-refractivity contribution is 5.61. The standard InChI is InChI=1S/C6H10O3.C5H8O3/c1-2-3-5-4-8-6(7)9-5;1-4-2-3-7-5(6)8-4/h5H,2-4H2,1H3;4H,2-3H2,1H3. The summed E-state index contributed by atoms with van der Waals surface area (Å²) in [4.78, 5) is 20.5. The summed E-state index contributed by atoms with van der Waals surface area (Å²) in [5, 5.41) is 0. The van der Waals surface area contributed by atoms with Crippen molar-refractivity contribution in [3.8, 4) is 0 Å². The van der Waals surface area contributed by atoms with E-state index in [0.717, 1.165) is 19.3 Å². The molecule has 0 saturated carbocycles. The maximum Gasteiger partial charge on any atom is 0.508 e. The first-order valence-corrected chi connectivity index (χ1v) is 5.78. The second-order valence-corrected chi connectivity index (χ2v) is 3.91. The fraction of sp³-hybridized carbons (Fsp3) is 0.818.